The van der Waals surface area contributed by atoms with Crippen molar-refractivity contribution in [1.82, 2.24) is 10.6 Å². The standard InChI is InChI=1S/C19H26N2O5/c1-19(12-17(23)24,14-5-3-6-15(11-14)26-2)21-16(22)7-4-10-20-18(25)13-8-9-13/h3,5-6,11,13H,4,7-10,12H2,1-2H3,(H,20,25)(H,21,22)(H,23,24). The number of carboxylic acids is 1. The van der Waals surface area contributed by atoms with Crippen LogP contribution in [0.2, 0.25) is 0 Å². The van der Waals surface area contributed by atoms with Gasteiger partial charge in [0.05, 0.1) is 19.1 Å². The summed E-state index contributed by atoms with van der Waals surface area (Å²) in [6.07, 6.45) is 2.36. The summed E-state index contributed by atoms with van der Waals surface area (Å²) in [5.41, 5.74) is -0.385. The van der Waals surface area contributed by atoms with Crippen molar-refractivity contribution in [1.29, 1.82) is 0 Å². The highest BCUT2D eigenvalue weighted by molar-refractivity contribution is 5.81. The molecule has 2 rings (SSSR count). The predicted molar refractivity (Wildman–Crippen MR) is 95.7 cm³/mol. The molecule has 7 heteroatoms. The second kappa shape index (κ2) is 8.69. The van der Waals surface area contributed by atoms with Gasteiger partial charge in [0.2, 0.25) is 11.8 Å². The molecule has 26 heavy (non-hydrogen) atoms. The first-order chi connectivity index (χ1) is 12.3. The van der Waals surface area contributed by atoms with Crippen molar-refractivity contribution in [2.75, 3.05) is 13.7 Å². The van der Waals surface area contributed by atoms with Gasteiger partial charge in [-0.25, -0.2) is 0 Å². The largest absolute Gasteiger partial charge is 0.497 e. The third kappa shape index (κ3) is 5.75. The quantitative estimate of drug-likeness (QED) is 0.551. The van der Waals surface area contributed by atoms with E-state index in [1.165, 1.54) is 7.11 Å². The molecular weight excluding hydrogens is 336 g/mol. The third-order valence-corrected chi connectivity index (χ3v) is 4.45. The average Bonchev–Trinajstić information content (AvgIpc) is 3.43. The summed E-state index contributed by atoms with van der Waals surface area (Å²) >= 11 is 0. The molecule has 0 aromatic heterocycles. The Morgan fingerprint density at radius 3 is 2.65 bits per heavy atom. The van der Waals surface area contributed by atoms with Gasteiger partial charge in [-0.05, 0) is 43.9 Å². The van der Waals surface area contributed by atoms with Gasteiger partial charge in [0.25, 0.3) is 0 Å². The smallest absolute Gasteiger partial charge is 0.306 e. The van der Waals surface area contributed by atoms with E-state index in [1.54, 1.807) is 31.2 Å². The van der Waals surface area contributed by atoms with E-state index in [2.05, 4.69) is 10.6 Å². The lowest BCUT2D eigenvalue weighted by Crippen LogP contribution is -2.45. The lowest BCUT2D eigenvalue weighted by molar-refractivity contribution is -0.139. The number of hydrogen-bond acceptors (Lipinski definition) is 4. The molecular formula is C19H26N2O5. The molecule has 1 unspecified atom stereocenters. The maximum Gasteiger partial charge on any atom is 0.306 e. The van der Waals surface area contributed by atoms with E-state index in [-0.39, 0.29) is 30.6 Å². The third-order valence-electron chi connectivity index (χ3n) is 4.45. The van der Waals surface area contributed by atoms with Crippen LogP contribution in [-0.2, 0) is 19.9 Å². The lowest BCUT2D eigenvalue weighted by Gasteiger charge is -2.30. The van der Waals surface area contributed by atoms with Crippen LogP contribution in [0.1, 0.15) is 44.6 Å². The Labute approximate surface area is 153 Å². The van der Waals surface area contributed by atoms with Gasteiger partial charge in [0, 0.05) is 18.9 Å². The summed E-state index contributed by atoms with van der Waals surface area (Å²) in [7, 11) is 1.53. The molecule has 1 fully saturated rings. The fourth-order valence-electron chi connectivity index (χ4n) is 2.81. The van der Waals surface area contributed by atoms with E-state index in [0.29, 0.717) is 24.3 Å². The minimum Gasteiger partial charge on any atom is -0.497 e. The fraction of sp³-hybridized carbons (Fsp3) is 0.526. The number of ether oxygens (including phenoxy) is 1. The van der Waals surface area contributed by atoms with Crippen LogP contribution in [0.15, 0.2) is 24.3 Å². The van der Waals surface area contributed by atoms with Crippen molar-refractivity contribution in [2.45, 2.75) is 44.6 Å². The van der Waals surface area contributed by atoms with Gasteiger partial charge in [-0.1, -0.05) is 12.1 Å². The Bertz CT molecular complexity index is 672. The number of aliphatic carboxylic acids is 1. The van der Waals surface area contributed by atoms with E-state index in [9.17, 15) is 19.5 Å². The van der Waals surface area contributed by atoms with Gasteiger partial charge >= 0.3 is 5.97 Å². The van der Waals surface area contributed by atoms with E-state index < -0.39 is 11.5 Å². The van der Waals surface area contributed by atoms with Crippen molar-refractivity contribution in [3.05, 3.63) is 29.8 Å². The number of nitrogens with one attached hydrogen (secondary N) is 2. The van der Waals surface area contributed by atoms with Gasteiger partial charge in [-0.2, -0.15) is 0 Å². The average molecular weight is 362 g/mol. The molecule has 0 heterocycles. The maximum atomic E-state index is 12.3. The van der Waals surface area contributed by atoms with E-state index in [4.69, 9.17) is 4.74 Å². The fourth-order valence-corrected chi connectivity index (χ4v) is 2.81. The second-order valence-corrected chi connectivity index (χ2v) is 6.85. The number of amides is 2. The minimum atomic E-state index is -1.05. The van der Waals surface area contributed by atoms with Crippen molar-refractivity contribution in [3.63, 3.8) is 0 Å². The minimum absolute atomic E-state index is 0.0532. The molecule has 1 saturated carbocycles. The van der Waals surface area contributed by atoms with Gasteiger partial charge in [0.1, 0.15) is 5.75 Å². The second-order valence-electron chi connectivity index (χ2n) is 6.85. The Morgan fingerprint density at radius 1 is 1.31 bits per heavy atom. The summed E-state index contributed by atoms with van der Waals surface area (Å²) in [6.45, 7) is 2.13. The van der Waals surface area contributed by atoms with Crippen molar-refractivity contribution < 1.29 is 24.2 Å². The molecule has 1 atom stereocenters. The molecule has 2 amide bonds. The zero-order valence-electron chi connectivity index (χ0n) is 15.2. The summed E-state index contributed by atoms with van der Waals surface area (Å²) in [6, 6.07) is 7.00. The maximum absolute atomic E-state index is 12.3. The van der Waals surface area contributed by atoms with Crippen molar-refractivity contribution >= 4 is 17.8 Å². The molecule has 1 aliphatic rings. The molecule has 0 saturated heterocycles. The Balaban J connectivity index is 1.93. The first-order valence-electron chi connectivity index (χ1n) is 8.79. The molecule has 1 aromatic carbocycles. The van der Waals surface area contributed by atoms with Crippen LogP contribution in [0.25, 0.3) is 0 Å². The highest BCUT2D eigenvalue weighted by Gasteiger charge is 2.32. The van der Waals surface area contributed by atoms with Crippen molar-refractivity contribution in [2.24, 2.45) is 5.92 Å². The molecule has 3 N–H and O–H groups in total. The molecule has 0 aliphatic heterocycles. The number of carboxylic acid groups (broad SMARTS) is 1. The Hall–Kier alpha value is -2.57. The molecule has 142 valence electrons. The first-order valence-corrected chi connectivity index (χ1v) is 8.79. The van der Waals surface area contributed by atoms with Crippen LogP contribution in [0.3, 0.4) is 0 Å². The molecule has 7 nitrogen and oxygen atoms in total. The normalized spacial score (nSPS) is 15.6. The zero-order valence-corrected chi connectivity index (χ0v) is 15.2. The van der Waals surface area contributed by atoms with Crippen LogP contribution >= 0.6 is 0 Å². The van der Waals surface area contributed by atoms with E-state index >= 15 is 0 Å². The number of methoxy groups -OCH3 is 1. The summed E-state index contributed by atoms with van der Waals surface area (Å²) in [5.74, 6) is -0.464. The number of carbonyl (C=O) groups excluding carboxylic acids is 2. The molecule has 0 radical (unpaired) electrons. The van der Waals surface area contributed by atoms with Gasteiger partial charge < -0.3 is 20.5 Å². The topological polar surface area (TPSA) is 105 Å². The Kier molecular flexibility index (Phi) is 6.60. The highest BCUT2D eigenvalue weighted by atomic mass is 16.5. The number of carbonyl (C=O) groups is 3. The lowest BCUT2D eigenvalue weighted by atomic mass is 9.88. The van der Waals surface area contributed by atoms with Crippen LogP contribution < -0.4 is 15.4 Å². The SMILES string of the molecule is COc1cccc(C(C)(CC(=O)O)NC(=O)CCCNC(=O)C2CC2)c1. The van der Waals surface area contributed by atoms with E-state index in [1.807, 2.05) is 0 Å². The van der Waals surface area contributed by atoms with Crippen LogP contribution in [0.4, 0.5) is 0 Å². The molecule has 1 aliphatic carbocycles. The Morgan fingerprint density at radius 2 is 2.04 bits per heavy atom. The van der Waals surface area contributed by atoms with Gasteiger partial charge in [-0.3, -0.25) is 14.4 Å². The number of hydrogen-bond donors (Lipinski definition) is 3. The monoisotopic (exact) mass is 362 g/mol. The van der Waals surface area contributed by atoms with Crippen LogP contribution in [-0.4, -0.2) is 36.5 Å². The number of benzene rings is 1. The van der Waals surface area contributed by atoms with Gasteiger partial charge in [0.15, 0.2) is 0 Å². The van der Waals surface area contributed by atoms with Crippen LogP contribution in [0, 0.1) is 5.92 Å². The highest BCUT2D eigenvalue weighted by Crippen LogP contribution is 2.29. The summed E-state index contributed by atoms with van der Waals surface area (Å²) in [4.78, 5) is 35.2. The first kappa shape index (κ1) is 19.8. The summed E-state index contributed by atoms with van der Waals surface area (Å²) in [5, 5.41) is 14.9. The predicted octanol–water partition coefficient (Wildman–Crippen LogP) is 1.81. The molecule has 0 spiro atoms. The molecule has 1 aromatic rings. The number of rotatable bonds is 10. The zero-order chi connectivity index (χ0) is 19.2. The van der Waals surface area contributed by atoms with Gasteiger partial charge in [-0.15, -0.1) is 0 Å². The van der Waals surface area contributed by atoms with Crippen molar-refractivity contribution in [3.8, 4) is 5.75 Å². The van der Waals surface area contributed by atoms with Crippen LogP contribution in [0.5, 0.6) is 5.75 Å². The summed E-state index contributed by atoms with van der Waals surface area (Å²) < 4.78 is 5.19. The molecule has 0 bridgehead atoms. The van der Waals surface area contributed by atoms with E-state index in [0.717, 1.165) is 12.8 Å².